The Morgan fingerprint density at radius 1 is 1.24 bits per heavy atom. The Balaban J connectivity index is 2.16. The van der Waals surface area contributed by atoms with E-state index >= 15 is 0 Å². The van der Waals surface area contributed by atoms with Crippen LogP contribution in [0.15, 0.2) is 38.6 Å². The average Bonchev–Trinajstić information content (AvgIpc) is 2.86. The highest BCUT2D eigenvalue weighted by Crippen LogP contribution is 2.18. The van der Waals surface area contributed by atoms with E-state index in [-0.39, 0.29) is 17.0 Å². The molecule has 0 aliphatic heterocycles. The number of methoxy groups -OCH3 is 1. The Kier molecular flexibility index (Phi) is 4.84. The summed E-state index contributed by atoms with van der Waals surface area (Å²) in [5, 5.41) is 2.84. The lowest BCUT2D eigenvalue weighted by Gasteiger charge is -2.06. The van der Waals surface area contributed by atoms with Gasteiger partial charge in [-0.1, -0.05) is 12.1 Å². The molecule has 0 unspecified atom stereocenters. The van der Waals surface area contributed by atoms with E-state index in [9.17, 15) is 9.59 Å². The SMILES string of the molecule is CCNc1nc(=O)c2nc(Br)n(Cc3ccc(OC)cc3)c2c(=O)[nH]1. The van der Waals surface area contributed by atoms with Gasteiger partial charge in [-0.3, -0.25) is 14.6 Å². The third-order valence-corrected chi connectivity index (χ3v) is 4.23. The maximum absolute atomic E-state index is 12.6. The molecule has 0 saturated carbocycles. The minimum absolute atomic E-state index is 0.0192. The lowest BCUT2D eigenvalue weighted by Crippen LogP contribution is -2.12. The first kappa shape index (κ1) is 17.2. The molecule has 0 saturated heterocycles. The molecule has 0 aliphatic carbocycles. The first-order valence-electron chi connectivity index (χ1n) is 7.60. The smallest absolute Gasteiger partial charge is 0.301 e. The molecule has 3 aromatic rings. The quantitative estimate of drug-likeness (QED) is 0.669. The summed E-state index contributed by atoms with van der Waals surface area (Å²) in [4.78, 5) is 35.5. The molecular formula is C16H16BrN5O3. The van der Waals surface area contributed by atoms with Crippen LogP contribution in [0.4, 0.5) is 5.95 Å². The Labute approximate surface area is 151 Å². The van der Waals surface area contributed by atoms with Crippen LogP contribution in [-0.2, 0) is 6.54 Å². The van der Waals surface area contributed by atoms with Crippen molar-refractivity contribution in [3.05, 3.63) is 55.3 Å². The van der Waals surface area contributed by atoms with E-state index in [1.165, 1.54) is 0 Å². The number of halogens is 1. The molecule has 25 heavy (non-hydrogen) atoms. The van der Waals surface area contributed by atoms with Gasteiger partial charge in [0.15, 0.2) is 10.3 Å². The molecule has 9 heteroatoms. The van der Waals surface area contributed by atoms with E-state index in [1.54, 1.807) is 11.7 Å². The summed E-state index contributed by atoms with van der Waals surface area (Å²) in [6.07, 6.45) is 0. The van der Waals surface area contributed by atoms with E-state index in [2.05, 4.69) is 36.2 Å². The van der Waals surface area contributed by atoms with Gasteiger partial charge in [0, 0.05) is 6.54 Å². The highest BCUT2D eigenvalue weighted by molar-refractivity contribution is 9.10. The van der Waals surface area contributed by atoms with Crippen molar-refractivity contribution < 1.29 is 4.74 Å². The van der Waals surface area contributed by atoms with Crippen LogP contribution in [0.1, 0.15) is 12.5 Å². The topological polar surface area (TPSA) is 102 Å². The van der Waals surface area contributed by atoms with Gasteiger partial charge in [0.25, 0.3) is 5.56 Å². The Morgan fingerprint density at radius 2 is 1.96 bits per heavy atom. The maximum atomic E-state index is 12.6. The molecule has 3 rings (SSSR count). The van der Waals surface area contributed by atoms with Crippen LogP contribution < -0.4 is 21.2 Å². The zero-order valence-electron chi connectivity index (χ0n) is 13.7. The Hall–Kier alpha value is -2.68. The van der Waals surface area contributed by atoms with Crippen LogP contribution >= 0.6 is 15.9 Å². The van der Waals surface area contributed by atoms with Crippen LogP contribution in [0, 0.1) is 0 Å². The number of nitrogens with one attached hydrogen (secondary N) is 2. The van der Waals surface area contributed by atoms with Gasteiger partial charge < -0.3 is 14.6 Å². The monoisotopic (exact) mass is 405 g/mol. The maximum Gasteiger partial charge on any atom is 0.301 e. The fraction of sp³-hybridized carbons (Fsp3) is 0.250. The summed E-state index contributed by atoms with van der Waals surface area (Å²) >= 11 is 3.32. The van der Waals surface area contributed by atoms with Gasteiger partial charge in [0.05, 0.1) is 13.7 Å². The number of hydrogen-bond acceptors (Lipinski definition) is 6. The van der Waals surface area contributed by atoms with Crippen LogP contribution in [0.3, 0.4) is 0 Å². The summed E-state index contributed by atoms with van der Waals surface area (Å²) in [5.74, 6) is 0.867. The third kappa shape index (κ3) is 3.41. The van der Waals surface area contributed by atoms with Gasteiger partial charge in [-0.25, -0.2) is 4.98 Å². The van der Waals surface area contributed by atoms with Crippen molar-refractivity contribution in [3.63, 3.8) is 0 Å². The molecule has 2 heterocycles. The van der Waals surface area contributed by atoms with Crippen molar-refractivity contribution in [2.24, 2.45) is 0 Å². The van der Waals surface area contributed by atoms with E-state index < -0.39 is 11.1 Å². The number of aromatic amines is 1. The molecule has 0 amide bonds. The fourth-order valence-corrected chi connectivity index (χ4v) is 2.94. The number of aromatic nitrogens is 4. The zero-order chi connectivity index (χ0) is 18.0. The predicted molar refractivity (Wildman–Crippen MR) is 98.4 cm³/mol. The molecule has 2 N–H and O–H groups in total. The van der Waals surface area contributed by atoms with Crippen molar-refractivity contribution in [3.8, 4) is 5.75 Å². The third-order valence-electron chi connectivity index (χ3n) is 3.63. The van der Waals surface area contributed by atoms with E-state index in [0.29, 0.717) is 17.8 Å². The van der Waals surface area contributed by atoms with Crippen LogP contribution in [0.25, 0.3) is 11.0 Å². The summed E-state index contributed by atoms with van der Waals surface area (Å²) in [6.45, 7) is 2.74. The second-order valence-electron chi connectivity index (χ2n) is 5.26. The average molecular weight is 406 g/mol. The van der Waals surface area contributed by atoms with Gasteiger partial charge in [0.1, 0.15) is 11.3 Å². The highest BCUT2D eigenvalue weighted by Gasteiger charge is 2.16. The number of ether oxygens (including phenoxy) is 1. The van der Waals surface area contributed by atoms with Crippen molar-refractivity contribution in [2.75, 3.05) is 19.0 Å². The normalized spacial score (nSPS) is 10.8. The van der Waals surface area contributed by atoms with Gasteiger partial charge in [-0.05, 0) is 40.5 Å². The molecule has 1 aromatic carbocycles. The number of anilines is 1. The Morgan fingerprint density at radius 3 is 2.60 bits per heavy atom. The number of hydrogen-bond donors (Lipinski definition) is 2. The molecule has 130 valence electrons. The van der Waals surface area contributed by atoms with E-state index in [4.69, 9.17) is 4.74 Å². The first-order chi connectivity index (χ1) is 12.0. The summed E-state index contributed by atoms with van der Waals surface area (Å²) in [7, 11) is 1.60. The molecular weight excluding hydrogens is 390 g/mol. The standard InChI is InChI=1S/C16H16BrN5O3/c1-3-18-16-20-13(23)11-12(14(24)21-16)22(15(17)19-11)8-9-4-6-10(25-2)7-5-9/h4-7H,3,8H2,1-2H3,(H2,18,20,21,23,24). The number of benzene rings is 1. The van der Waals surface area contributed by atoms with E-state index in [0.717, 1.165) is 11.3 Å². The van der Waals surface area contributed by atoms with Crippen molar-refractivity contribution in [1.29, 1.82) is 0 Å². The molecule has 0 spiro atoms. The van der Waals surface area contributed by atoms with Gasteiger partial charge in [-0.15, -0.1) is 0 Å². The molecule has 8 nitrogen and oxygen atoms in total. The number of rotatable bonds is 5. The van der Waals surface area contributed by atoms with Crippen molar-refractivity contribution >= 4 is 32.9 Å². The summed E-state index contributed by atoms with van der Waals surface area (Å²) in [6, 6.07) is 7.43. The highest BCUT2D eigenvalue weighted by atomic mass is 79.9. The minimum Gasteiger partial charge on any atom is -0.497 e. The fourth-order valence-electron chi connectivity index (χ4n) is 2.46. The lowest BCUT2D eigenvalue weighted by atomic mass is 10.2. The van der Waals surface area contributed by atoms with Gasteiger partial charge in [0.2, 0.25) is 5.95 Å². The number of fused-ring (bicyclic) bond motifs is 1. The van der Waals surface area contributed by atoms with E-state index in [1.807, 2.05) is 31.2 Å². The molecule has 0 radical (unpaired) electrons. The van der Waals surface area contributed by atoms with Gasteiger partial charge >= 0.3 is 5.56 Å². The Bertz CT molecular complexity index is 1030. The number of H-pyrrole nitrogens is 1. The summed E-state index contributed by atoms with van der Waals surface area (Å²) in [5.41, 5.74) is 0.111. The second-order valence-corrected chi connectivity index (χ2v) is 5.97. The molecule has 0 fully saturated rings. The van der Waals surface area contributed by atoms with Crippen molar-refractivity contribution in [1.82, 2.24) is 19.5 Å². The van der Waals surface area contributed by atoms with Crippen LogP contribution in [0.2, 0.25) is 0 Å². The summed E-state index contributed by atoms with van der Waals surface area (Å²) < 4.78 is 7.16. The lowest BCUT2D eigenvalue weighted by molar-refractivity contribution is 0.414. The van der Waals surface area contributed by atoms with Crippen molar-refractivity contribution in [2.45, 2.75) is 13.5 Å². The zero-order valence-corrected chi connectivity index (χ0v) is 15.3. The number of nitrogens with zero attached hydrogens (tertiary/aromatic N) is 3. The minimum atomic E-state index is -0.571. The van der Waals surface area contributed by atoms with Gasteiger partial charge in [-0.2, -0.15) is 4.98 Å². The molecule has 2 aromatic heterocycles. The molecule has 0 bridgehead atoms. The largest absolute Gasteiger partial charge is 0.497 e. The molecule has 0 aliphatic rings. The van der Waals surface area contributed by atoms with Crippen LogP contribution in [-0.4, -0.2) is 33.2 Å². The first-order valence-corrected chi connectivity index (χ1v) is 8.40. The predicted octanol–water partition coefficient (Wildman–Crippen LogP) is 1.73. The number of imidazole rings is 1. The second kappa shape index (κ2) is 7.06. The van der Waals surface area contributed by atoms with Crippen LogP contribution in [0.5, 0.6) is 5.75 Å². The molecule has 0 atom stereocenters.